The number of benzene rings is 2. The fraction of sp³-hybridized carbons (Fsp3) is 0.278. The van der Waals surface area contributed by atoms with Crippen LogP contribution in [0.4, 0.5) is 0 Å². The van der Waals surface area contributed by atoms with E-state index in [-0.39, 0.29) is 16.2 Å². The monoisotopic (exact) mass is 326 g/mol. The highest BCUT2D eigenvalue weighted by Gasteiger charge is 2.73. The summed E-state index contributed by atoms with van der Waals surface area (Å²) in [5.74, 6) is 0.881. The average molecular weight is 327 g/mol. The van der Waals surface area contributed by atoms with Gasteiger partial charge in [0.1, 0.15) is 0 Å². The fourth-order valence-electron chi connectivity index (χ4n) is 4.08. The molecule has 1 nitrogen and oxygen atoms in total. The smallest absolute Gasteiger partial charge is 0.151 e. The molecule has 0 unspecified atom stereocenters. The van der Waals surface area contributed by atoms with Crippen molar-refractivity contribution in [2.24, 2.45) is 5.92 Å². The van der Waals surface area contributed by atoms with Crippen molar-refractivity contribution in [3.8, 4) is 0 Å². The van der Waals surface area contributed by atoms with Crippen LogP contribution in [0.15, 0.2) is 60.7 Å². The minimum atomic E-state index is 0.0210. The van der Waals surface area contributed by atoms with Gasteiger partial charge in [-0.1, -0.05) is 76.6 Å². The van der Waals surface area contributed by atoms with Crippen LogP contribution in [0.25, 0.3) is 0 Å². The van der Waals surface area contributed by atoms with Crippen molar-refractivity contribution in [1.82, 2.24) is 0 Å². The van der Waals surface area contributed by atoms with E-state index in [0.717, 1.165) is 6.42 Å². The van der Waals surface area contributed by atoms with Gasteiger partial charge in [-0.15, -0.1) is 0 Å². The van der Waals surface area contributed by atoms with Crippen molar-refractivity contribution in [3.05, 3.63) is 71.8 Å². The molecule has 2 saturated carbocycles. The number of hydrogen-bond acceptors (Lipinski definition) is 1. The topological polar surface area (TPSA) is 17.1 Å². The summed E-state index contributed by atoms with van der Waals surface area (Å²) < 4.78 is 0. The average Bonchev–Trinajstić information content (AvgIpc) is 3.10. The molecule has 0 saturated heterocycles. The van der Waals surface area contributed by atoms with E-state index in [0.29, 0.717) is 11.7 Å². The van der Waals surface area contributed by atoms with Crippen LogP contribution in [0.3, 0.4) is 0 Å². The molecular formula is C18H15BrO. The Morgan fingerprint density at radius 3 is 2.15 bits per heavy atom. The summed E-state index contributed by atoms with van der Waals surface area (Å²) in [6, 6.07) is 21.0. The zero-order valence-corrected chi connectivity index (χ0v) is 12.6. The number of halogens is 1. The highest BCUT2D eigenvalue weighted by atomic mass is 79.9. The Morgan fingerprint density at radius 1 is 0.900 bits per heavy atom. The van der Waals surface area contributed by atoms with Crippen LogP contribution in [0, 0.1) is 5.92 Å². The van der Waals surface area contributed by atoms with Crippen molar-refractivity contribution in [2.45, 2.75) is 22.6 Å². The third kappa shape index (κ3) is 1.51. The second-order valence-electron chi connectivity index (χ2n) is 5.85. The molecule has 4 atom stereocenters. The SMILES string of the molecule is O=C1[C@H](Br)C[C@]2(c3ccccc3)[C@H]1[C@@H]2c1ccccc1. The third-order valence-electron chi connectivity index (χ3n) is 4.94. The Labute approximate surface area is 127 Å². The molecule has 2 aliphatic carbocycles. The van der Waals surface area contributed by atoms with Crippen LogP contribution in [0.2, 0.25) is 0 Å². The van der Waals surface area contributed by atoms with Crippen molar-refractivity contribution >= 4 is 21.7 Å². The minimum Gasteiger partial charge on any atom is -0.298 e. The molecule has 0 spiro atoms. The summed E-state index contributed by atoms with van der Waals surface area (Å²) in [6.07, 6.45) is 0.917. The van der Waals surface area contributed by atoms with E-state index in [1.165, 1.54) is 11.1 Å². The number of carbonyl (C=O) groups excluding carboxylic acids is 1. The summed E-state index contributed by atoms with van der Waals surface area (Å²) in [5.41, 5.74) is 2.64. The van der Waals surface area contributed by atoms with Gasteiger partial charge in [0.25, 0.3) is 0 Å². The van der Waals surface area contributed by atoms with Crippen molar-refractivity contribution in [3.63, 3.8) is 0 Å². The number of carbonyl (C=O) groups is 1. The lowest BCUT2D eigenvalue weighted by molar-refractivity contribution is -0.118. The quantitative estimate of drug-likeness (QED) is 0.760. The van der Waals surface area contributed by atoms with Crippen LogP contribution < -0.4 is 0 Å². The maximum Gasteiger partial charge on any atom is 0.151 e. The van der Waals surface area contributed by atoms with Gasteiger partial charge >= 0.3 is 0 Å². The molecule has 0 amide bonds. The molecule has 2 aliphatic rings. The molecule has 4 rings (SSSR count). The summed E-state index contributed by atoms with van der Waals surface area (Å²) in [5, 5.41) is 0. The lowest BCUT2D eigenvalue weighted by Crippen LogP contribution is -2.15. The lowest BCUT2D eigenvalue weighted by atomic mass is 9.88. The first kappa shape index (κ1) is 12.3. The summed E-state index contributed by atoms with van der Waals surface area (Å²) in [7, 11) is 0. The molecule has 2 fully saturated rings. The Balaban J connectivity index is 1.82. The van der Waals surface area contributed by atoms with Crippen LogP contribution in [0.5, 0.6) is 0 Å². The van der Waals surface area contributed by atoms with Gasteiger partial charge < -0.3 is 0 Å². The molecule has 2 aromatic rings. The van der Waals surface area contributed by atoms with E-state index >= 15 is 0 Å². The Bertz CT molecular complexity index is 652. The largest absolute Gasteiger partial charge is 0.298 e. The molecule has 2 aromatic carbocycles. The van der Waals surface area contributed by atoms with Gasteiger partial charge in [0, 0.05) is 17.3 Å². The van der Waals surface area contributed by atoms with Crippen LogP contribution >= 0.6 is 15.9 Å². The molecule has 0 bridgehead atoms. The first-order chi connectivity index (χ1) is 9.75. The molecule has 0 radical (unpaired) electrons. The maximum atomic E-state index is 12.5. The predicted molar refractivity (Wildman–Crippen MR) is 83.1 cm³/mol. The van der Waals surface area contributed by atoms with Crippen LogP contribution in [-0.4, -0.2) is 10.6 Å². The number of fused-ring (bicyclic) bond motifs is 1. The Hall–Kier alpha value is -1.41. The van der Waals surface area contributed by atoms with Crippen molar-refractivity contribution < 1.29 is 4.79 Å². The standard InChI is InChI=1S/C18H15BrO/c19-14-11-18(13-9-5-2-6-10-13)15(16(18)17(14)20)12-7-3-1-4-8-12/h1-10,14-16H,11H2/t14-,15+,16+,18-/m1/s1. The maximum absolute atomic E-state index is 12.5. The molecule has 0 heterocycles. The summed E-state index contributed by atoms with van der Waals surface area (Å²) >= 11 is 3.56. The second-order valence-corrected chi connectivity index (χ2v) is 6.95. The Morgan fingerprint density at radius 2 is 1.50 bits per heavy atom. The normalized spacial score (nSPS) is 34.9. The predicted octanol–water partition coefficient (Wildman–Crippen LogP) is 4.07. The minimum absolute atomic E-state index is 0.0210. The van der Waals surface area contributed by atoms with E-state index in [1.54, 1.807) is 0 Å². The lowest BCUT2D eigenvalue weighted by Gasteiger charge is -2.17. The molecule has 20 heavy (non-hydrogen) atoms. The first-order valence-corrected chi connectivity index (χ1v) is 7.95. The van der Waals surface area contributed by atoms with Gasteiger partial charge in [0.15, 0.2) is 5.78 Å². The Kier molecular flexibility index (Phi) is 2.65. The highest BCUT2D eigenvalue weighted by Crippen LogP contribution is 2.72. The van der Waals surface area contributed by atoms with Crippen LogP contribution in [0.1, 0.15) is 23.5 Å². The summed E-state index contributed by atoms with van der Waals surface area (Å²) in [6.45, 7) is 0. The van der Waals surface area contributed by atoms with Gasteiger partial charge in [-0.05, 0) is 17.5 Å². The van der Waals surface area contributed by atoms with E-state index < -0.39 is 0 Å². The van der Waals surface area contributed by atoms with Crippen LogP contribution in [-0.2, 0) is 10.2 Å². The highest BCUT2D eigenvalue weighted by molar-refractivity contribution is 9.10. The van der Waals surface area contributed by atoms with Gasteiger partial charge in [0.2, 0.25) is 0 Å². The van der Waals surface area contributed by atoms with Gasteiger partial charge in [-0.3, -0.25) is 4.79 Å². The molecule has 0 N–H and O–H groups in total. The molecular weight excluding hydrogens is 312 g/mol. The van der Waals surface area contributed by atoms with Crippen molar-refractivity contribution in [1.29, 1.82) is 0 Å². The summed E-state index contributed by atoms with van der Waals surface area (Å²) in [4.78, 5) is 12.5. The number of alkyl halides is 1. The van der Waals surface area contributed by atoms with E-state index in [2.05, 4.69) is 64.5 Å². The number of hydrogen-bond donors (Lipinski definition) is 0. The van der Waals surface area contributed by atoms with Gasteiger partial charge in [-0.2, -0.15) is 0 Å². The fourth-order valence-corrected chi connectivity index (χ4v) is 4.90. The zero-order valence-electron chi connectivity index (χ0n) is 11.0. The molecule has 2 heteroatoms. The third-order valence-corrected chi connectivity index (χ3v) is 5.71. The molecule has 0 aliphatic heterocycles. The number of ketones is 1. The van der Waals surface area contributed by atoms with E-state index in [9.17, 15) is 4.79 Å². The van der Waals surface area contributed by atoms with Gasteiger partial charge in [-0.25, -0.2) is 0 Å². The van der Waals surface area contributed by atoms with Crippen molar-refractivity contribution in [2.75, 3.05) is 0 Å². The van der Waals surface area contributed by atoms with E-state index in [4.69, 9.17) is 0 Å². The zero-order chi connectivity index (χ0) is 13.7. The number of Topliss-reactive ketones (excluding diaryl/α,β-unsaturated/α-hetero) is 1. The molecule has 0 aromatic heterocycles. The van der Waals surface area contributed by atoms with Gasteiger partial charge in [0.05, 0.1) is 4.83 Å². The molecule has 100 valence electrons. The first-order valence-electron chi connectivity index (χ1n) is 7.03. The second kappa shape index (κ2) is 4.29. The number of rotatable bonds is 2. The van der Waals surface area contributed by atoms with E-state index in [1.807, 2.05) is 12.1 Å².